The van der Waals surface area contributed by atoms with Crippen molar-refractivity contribution in [2.75, 3.05) is 0 Å². The van der Waals surface area contributed by atoms with Crippen LogP contribution in [0.4, 0.5) is 0 Å². The molecule has 1 aromatic heterocycles. The van der Waals surface area contributed by atoms with Gasteiger partial charge in [0.1, 0.15) is 8.60 Å². The largest absolute Gasteiger partial charge is 0.312 e. The molecule has 2 aromatic rings. The fourth-order valence-electron chi connectivity index (χ4n) is 1.04. The van der Waals surface area contributed by atoms with Gasteiger partial charge in [0.05, 0.1) is 6.33 Å². The maximum Gasteiger partial charge on any atom is 0.265 e. The van der Waals surface area contributed by atoms with E-state index in [1.54, 1.807) is 0 Å². The van der Waals surface area contributed by atoms with Crippen LogP contribution in [0.15, 0.2) is 51.4 Å². The first-order valence-electron chi connectivity index (χ1n) is 4.23. The molecule has 0 radical (unpaired) electrons. The lowest BCUT2D eigenvalue weighted by atomic mass is 10.4. The summed E-state index contributed by atoms with van der Waals surface area (Å²) >= 11 is 3.49. The number of H-pyrrole nitrogens is 1. The number of hydrogen-bond donors (Lipinski definition) is 1. The number of nitrogens with one attached hydrogen (secondary N) is 1. The van der Waals surface area contributed by atoms with Crippen molar-refractivity contribution in [1.82, 2.24) is 9.97 Å². The fraction of sp³-hybridized carbons (Fsp3) is 0. The molecule has 0 unspecified atom stereocenters. The van der Waals surface area contributed by atoms with Gasteiger partial charge in [0.25, 0.3) is 5.56 Å². The van der Waals surface area contributed by atoms with Gasteiger partial charge in [0.15, 0.2) is 0 Å². The fourth-order valence-corrected chi connectivity index (χ4v) is 2.47. The normalized spacial score (nSPS) is 10.2. The number of halogens is 1. The van der Waals surface area contributed by atoms with E-state index in [0.717, 1.165) is 9.92 Å². The van der Waals surface area contributed by atoms with Crippen molar-refractivity contribution >= 4 is 34.4 Å². The minimum Gasteiger partial charge on any atom is -0.312 e. The van der Waals surface area contributed by atoms with Gasteiger partial charge in [-0.15, -0.1) is 0 Å². The molecule has 15 heavy (non-hydrogen) atoms. The Morgan fingerprint density at radius 1 is 1.27 bits per heavy atom. The first-order valence-corrected chi connectivity index (χ1v) is 6.13. The third kappa shape index (κ3) is 2.60. The summed E-state index contributed by atoms with van der Waals surface area (Å²) in [4.78, 5) is 19.1. The molecule has 0 fully saturated rings. The third-order valence-corrected chi connectivity index (χ3v) is 4.10. The average molecular weight is 330 g/mol. The van der Waals surface area contributed by atoms with Gasteiger partial charge in [-0.1, -0.05) is 30.0 Å². The van der Waals surface area contributed by atoms with Gasteiger partial charge in [0, 0.05) is 4.90 Å². The molecule has 0 saturated heterocycles. The van der Waals surface area contributed by atoms with E-state index in [4.69, 9.17) is 0 Å². The molecule has 1 aromatic carbocycles. The molecular formula is C10H7IN2OS. The van der Waals surface area contributed by atoms with E-state index in [0.29, 0.717) is 3.57 Å². The number of aromatic nitrogens is 2. The lowest BCUT2D eigenvalue weighted by molar-refractivity contribution is 0.988. The van der Waals surface area contributed by atoms with Crippen LogP contribution in [0.1, 0.15) is 0 Å². The second kappa shape index (κ2) is 4.80. The summed E-state index contributed by atoms with van der Waals surface area (Å²) in [6, 6.07) is 9.86. The van der Waals surface area contributed by atoms with Gasteiger partial charge >= 0.3 is 0 Å². The maximum atomic E-state index is 11.3. The molecule has 0 saturated carbocycles. The second-order valence-corrected chi connectivity index (χ2v) is 4.91. The molecule has 5 heteroatoms. The average Bonchev–Trinajstić information content (AvgIpc) is 2.26. The van der Waals surface area contributed by atoms with E-state index in [1.807, 2.05) is 52.9 Å². The smallest absolute Gasteiger partial charge is 0.265 e. The van der Waals surface area contributed by atoms with Crippen molar-refractivity contribution in [3.05, 3.63) is 50.6 Å². The zero-order chi connectivity index (χ0) is 10.7. The highest BCUT2D eigenvalue weighted by molar-refractivity contribution is 14.1. The molecule has 0 atom stereocenters. The van der Waals surface area contributed by atoms with Crippen LogP contribution in [0.2, 0.25) is 0 Å². The van der Waals surface area contributed by atoms with Crippen LogP contribution in [-0.2, 0) is 0 Å². The Kier molecular flexibility index (Phi) is 3.42. The first-order chi connectivity index (χ1) is 7.27. The Hall–Kier alpha value is -0.820. The van der Waals surface area contributed by atoms with Gasteiger partial charge in [-0.05, 0) is 34.7 Å². The lowest BCUT2D eigenvalue weighted by Gasteiger charge is -2.01. The van der Waals surface area contributed by atoms with Gasteiger partial charge in [-0.25, -0.2) is 4.98 Å². The lowest BCUT2D eigenvalue weighted by Crippen LogP contribution is -2.10. The highest BCUT2D eigenvalue weighted by Gasteiger charge is 2.06. The number of hydrogen-bond acceptors (Lipinski definition) is 3. The summed E-state index contributed by atoms with van der Waals surface area (Å²) in [5, 5.41) is 0.741. The van der Waals surface area contributed by atoms with Crippen LogP contribution in [0.25, 0.3) is 0 Å². The molecule has 0 aliphatic rings. The number of nitrogens with zero attached hydrogens (tertiary/aromatic N) is 1. The summed E-state index contributed by atoms with van der Waals surface area (Å²) in [7, 11) is 0. The van der Waals surface area contributed by atoms with Gasteiger partial charge in [-0.2, -0.15) is 0 Å². The van der Waals surface area contributed by atoms with Crippen LogP contribution < -0.4 is 5.56 Å². The van der Waals surface area contributed by atoms with Crippen LogP contribution >= 0.6 is 34.4 Å². The zero-order valence-electron chi connectivity index (χ0n) is 7.61. The van der Waals surface area contributed by atoms with Crippen molar-refractivity contribution in [2.45, 2.75) is 9.92 Å². The zero-order valence-corrected chi connectivity index (χ0v) is 10.6. The molecule has 2 rings (SSSR count). The highest BCUT2D eigenvalue weighted by Crippen LogP contribution is 2.27. The van der Waals surface area contributed by atoms with E-state index in [2.05, 4.69) is 9.97 Å². The SMILES string of the molecule is O=c1[nH]cnc(Sc2ccccc2)c1I. The Morgan fingerprint density at radius 2 is 2.00 bits per heavy atom. The van der Waals surface area contributed by atoms with E-state index in [1.165, 1.54) is 18.1 Å². The first kappa shape index (κ1) is 10.7. The van der Waals surface area contributed by atoms with Gasteiger partial charge in [0.2, 0.25) is 0 Å². The van der Waals surface area contributed by atoms with Crippen molar-refractivity contribution in [1.29, 1.82) is 0 Å². The number of benzene rings is 1. The molecule has 0 aliphatic heterocycles. The Bertz CT molecular complexity index is 512. The highest BCUT2D eigenvalue weighted by atomic mass is 127. The van der Waals surface area contributed by atoms with Crippen LogP contribution in [0, 0.1) is 3.57 Å². The molecule has 3 nitrogen and oxygen atoms in total. The van der Waals surface area contributed by atoms with Gasteiger partial charge in [-0.3, -0.25) is 4.79 Å². The molecule has 1 N–H and O–H groups in total. The Morgan fingerprint density at radius 3 is 2.73 bits per heavy atom. The van der Waals surface area contributed by atoms with Crippen LogP contribution in [0.5, 0.6) is 0 Å². The standard InChI is InChI=1S/C10H7IN2OS/c11-8-9(14)12-6-13-10(8)15-7-4-2-1-3-5-7/h1-6H,(H,12,13,14). The molecule has 76 valence electrons. The summed E-state index contributed by atoms with van der Waals surface area (Å²) < 4.78 is 0.629. The topological polar surface area (TPSA) is 45.8 Å². The third-order valence-electron chi connectivity index (χ3n) is 1.72. The predicted molar refractivity (Wildman–Crippen MR) is 68.1 cm³/mol. The van der Waals surface area contributed by atoms with E-state index >= 15 is 0 Å². The minimum atomic E-state index is -0.0935. The molecule has 0 aliphatic carbocycles. The van der Waals surface area contributed by atoms with Crippen molar-refractivity contribution in [2.24, 2.45) is 0 Å². The molecule has 0 bridgehead atoms. The number of aromatic amines is 1. The second-order valence-electron chi connectivity index (χ2n) is 2.77. The summed E-state index contributed by atoms with van der Waals surface area (Å²) in [6.07, 6.45) is 1.43. The maximum absolute atomic E-state index is 11.3. The minimum absolute atomic E-state index is 0.0935. The summed E-state index contributed by atoms with van der Waals surface area (Å²) in [5.74, 6) is 0. The molecule has 1 heterocycles. The van der Waals surface area contributed by atoms with Crippen molar-refractivity contribution < 1.29 is 0 Å². The molecule has 0 amide bonds. The van der Waals surface area contributed by atoms with Crippen LogP contribution in [0.3, 0.4) is 0 Å². The monoisotopic (exact) mass is 330 g/mol. The van der Waals surface area contributed by atoms with Crippen molar-refractivity contribution in [3.8, 4) is 0 Å². The van der Waals surface area contributed by atoms with E-state index in [-0.39, 0.29) is 5.56 Å². The van der Waals surface area contributed by atoms with E-state index in [9.17, 15) is 4.79 Å². The Balaban J connectivity index is 2.33. The predicted octanol–water partition coefficient (Wildman–Crippen LogP) is 2.53. The van der Waals surface area contributed by atoms with Crippen LogP contribution in [-0.4, -0.2) is 9.97 Å². The molecule has 0 spiro atoms. The van der Waals surface area contributed by atoms with Gasteiger partial charge < -0.3 is 4.98 Å². The number of rotatable bonds is 2. The van der Waals surface area contributed by atoms with E-state index < -0.39 is 0 Å². The summed E-state index contributed by atoms with van der Waals surface area (Å²) in [5.41, 5.74) is -0.0935. The quantitative estimate of drug-likeness (QED) is 0.680. The Labute approximate surface area is 104 Å². The molecular weight excluding hydrogens is 323 g/mol. The van der Waals surface area contributed by atoms with Crippen molar-refractivity contribution in [3.63, 3.8) is 0 Å². The summed E-state index contributed by atoms with van der Waals surface area (Å²) in [6.45, 7) is 0.